The largest absolute Gasteiger partial charge is 0.469 e. The second-order valence-electron chi connectivity index (χ2n) is 7.80. The maximum Gasteiger partial charge on any atom is 0.308 e. The van der Waals surface area contributed by atoms with Gasteiger partial charge in [0.05, 0.1) is 13.5 Å². The zero-order valence-corrected chi connectivity index (χ0v) is 17.1. The first-order chi connectivity index (χ1) is 11.9. The minimum Gasteiger partial charge on any atom is -0.469 e. The van der Waals surface area contributed by atoms with E-state index >= 15 is 0 Å². The standard InChI is InChI=1S/C21H38O4/c1-7-10-11-16(4)12-17(8-2)14-21(5)15-18(9-3)19(24-25-21)13-20(22)23-6/h15-17,19H,7-14H2,1-6H3/t16?,17-,19+,21-/m0/s1. The first-order valence-corrected chi connectivity index (χ1v) is 10.00. The third kappa shape index (κ3) is 7.49. The Bertz CT molecular complexity index is 432. The van der Waals surface area contributed by atoms with E-state index in [1.807, 2.05) is 0 Å². The molecule has 0 bridgehead atoms. The summed E-state index contributed by atoms with van der Waals surface area (Å²) in [6, 6.07) is 0. The number of esters is 1. The van der Waals surface area contributed by atoms with Crippen molar-refractivity contribution >= 4 is 5.97 Å². The third-order valence-electron chi connectivity index (χ3n) is 5.30. The maximum atomic E-state index is 11.5. The Morgan fingerprint density at radius 2 is 2.08 bits per heavy atom. The van der Waals surface area contributed by atoms with Crippen molar-refractivity contribution in [3.63, 3.8) is 0 Å². The molecule has 146 valence electrons. The van der Waals surface area contributed by atoms with Crippen LogP contribution in [0.4, 0.5) is 0 Å². The van der Waals surface area contributed by atoms with Crippen LogP contribution in [0.15, 0.2) is 11.6 Å². The summed E-state index contributed by atoms with van der Waals surface area (Å²) in [4.78, 5) is 22.9. The van der Waals surface area contributed by atoms with Crippen LogP contribution in [0.5, 0.6) is 0 Å². The first-order valence-electron chi connectivity index (χ1n) is 10.00. The van der Waals surface area contributed by atoms with Gasteiger partial charge in [0.2, 0.25) is 0 Å². The molecule has 1 heterocycles. The van der Waals surface area contributed by atoms with Gasteiger partial charge in [-0.3, -0.25) is 4.79 Å². The molecule has 4 nitrogen and oxygen atoms in total. The van der Waals surface area contributed by atoms with E-state index in [0.717, 1.165) is 30.8 Å². The monoisotopic (exact) mass is 354 g/mol. The summed E-state index contributed by atoms with van der Waals surface area (Å²) in [6.45, 7) is 11.1. The Morgan fingerprint density at radius 1 is 1.36 bits per heavy atom. The van der Waals surface area contributed by atoms with Crippen molar-refractivity contribution in [2.24, 2.45) is 11.8 Å². The highest BCUT2D eigenvalue weighted by molar-refractivity contribution is 5.70. The van der Waals surface area contributed by atoms with Crippen molar-refractivity contribution < 1.29 is 19.3 Å². The highest BCUT2D eigenvalue weighted by Crippen LogP contribution is 2.36. The molecule has 1 unspecified atom stereocenters. The highest BCUT2D eigenvalue weighted by Gasteiger charge is 2.36. The molecule has 1 aliphatic heterocycles. The molecule has 0 saturated carbocycles. The van der Waals surface area contributed by atoms with E-state index in [1.54, 1.807) is 0 Å². The Morgan fingerprint density at radius 3 is 2.64 bits per heavy atom. The second kappa shape index (κ2) is 11.0. The van der Waals surface area contributed by atoms with Gasteiger partial charge in [0.25, 0.3) is 0 Å². The van der Waals surface area contributed by atoms with Gasteiger partial charge in [0, 0.05) is 0 Å². The number of methoxy groups -OCH3 is 1. The number of carbonyl (C=O) groups is 1. The van der Waals surface area contributed by atoms with Crippen LogP contribution in [0, 0.1) is 11.8 Å². The molecule has 0 aromatic heterocycles. The molecular weight excluding hydrogens is 316 g/mol. The predicted molar refractivity (Wildman–Crippen MR) is 101 cm³/mol. The van der Waals surface area contributed by atoms with E-state index in [9.17, 15) is 4.79 Å². The quantitative estimate of drug-likeness (QED) is 0.275. The van der Waals surface area contributed by atoms with Crippen molar-refractivity contribution in [2.45, 2.75) is 97.7 Å². The Kier molecular flexibility index (Phi) is 9.73. The zero-order chi connectivity index (χ0) is 18.9. The average molecular weight is 355 g/mol. The van der Waals surface area contributed by atoms with Gasteiger partial charge in [-0.2, -0.15) is 0 Å². The lowest BCUT2D eigenvalue weighted by Gasteiger charge is -2.37. The SMILES string of the molecule is CCCCC(C)C[C@H](CC)C[C@@]1(C)C=C(CC)[C@@H](CC(=O)OC)OO1. The number of ether oxygens (including phenoxy) is 1. The summed E-state index contributed by atoms with van der Waals surface area (Å²) in [5, 5.41) is 0. The highest BCUT2D eigenvalue weighted by atomic mass is 17.2. The zero-order valence-electron chi connectivity index (χ0n) is 17.1. The molecule has 4 heteroatoms. The maximum absolute atomic E-state index is 11.5. The Balaban J connectivity index is 2.71. The molecule has 0 fully saturated rings. The third-order valence-corrected chi connectivity index (χ3v) is 5.30. The lowest BCUT2D eigenvalue weighted by molar-refractivity contribution is -0.374. The number of hydrogen-bond donors (Lipinski definition) is 0. The van der Waals surface area contributed by atoms with E-state index in [1.165, 1.54) is 32.8 Å². The summed E-state index contributed by atoms with van der Waals surface area (Å²) in [7, 11) is 1.40. The number of hydrogen-bond acceptors (Lipinski definition) is 4. The summed E-state index contributed by atoms with van der Waals surface area (Å²) < 4.78 is 4.75. The second-order valence-corrected chi connectivity index (χ2v) is 7.80. The summed E-state index contributed by atoms with van der Waals surface area (Å²) >= 11 is 0. The molecular formula is C21H38O4. The lowest BCUT2D eigenvalue weighted by Crippen LogP contribution is -2.38. The lowest BCUT2D eigenvalue weighted by atomic mass is 9.81. The van der Waals surface area contributed by atoms with Crippen molar-refractivity contribution in [2.75, 3.05) is 7.11 Å². The predicted octanol–water partition coefficient (Wildman–Crippen LogP) is 5.61. The van der Waals surface area contributed by atoms with Gasteiger partial charge in [0.1, 0.15) is 11.7 Å². The van der Waals surface area contributed by atoms with Crippen LogP contribution >= 0.6 is 0 Å². The molecule has 0 aliphatic carbocycles. The van der Waals surface area contributed by atoms with Crippen LogP contribution in [-0.4, -0.2) is 24.8 Å². The number of carbonyl (C=O) groups excluding carboxylic acids is 1. The van der Waals surface area contributed by atoms with Crippen molar-refractivity contribution in [3.8, 4) is 0 Å². The molecule has 0 amide bonds. The molecule has 0 radical (unpaired) electrons. The van der Waals surface area contributed by atoms with Gasteiger partial charge in [-0.25, -0.2) is 9.78 Å². The molecule has 1 aliphatic rings. The number of rotatable bonds is 11. The fourth-order valence-corrected chi connectivity index (χ4v) is 3.77. The molecule has 4 atom stereocenters. The van der Waals surface area contributed by atoms with E-state index in [4.69, 9.17) is 14.5 Å². The normalized spacial score (nSPS) is 26.0. The van der Waals surface area contributed by atoms with Crippen LogP contribution in [0.2, 0.25) is 0 Å². The van der Waals surface area contributed by atoms with Crippen LogP contribution in [-0.2, 0) is 19.3 Å². The van der Waals surface area contributed by atoms with E-state index < -0.39 is 5.60 Å². The first kappa shape index (κ1) is 22.2. The van der Waals surface area contributed by atoms with Crippen LogP contribution in [0.3, 0.4) is 0 Å². The van der Waals surface area contributed by atoms with E-state index in [0.29, 0.717) is 5.92 Å². The minimum atomic E-state index is -0.414. The molecule has 0 aromatic rings. The minimum absolute atomic E-state index is 0.206. The fraction of sp³-hybridized carbons (Fsp3) is 0.857. The van der Waals surface area contributed by atoms with Crippen LogP contribution in [0.1, 0.15) is 86.0 Å². The van der Waals surface area contributed by atoms with Crippen molar-refractivity contribution in [3.05, 3.63) is 11.6 Å². The Hall–Kier alpha value is -0.870. The van der Waals surface area contributed by atoms with E-state index in [2.05, 4.69) is 40.7 Å². The molecule has 25 heavy (non-hydrogen) atoms. The topological polar surface area (TPSA) is 44.8 Å². The molecule has 0 saturated heterocycles. The van der Waals surface area contributed by atoms with Gasteiger partial charge in [-0.05, 0) is 49.7 Å². The molecule has 1 rings (SSSR count). The van der Waals surface area contributed by atoms with Crippen LogP contribution < -0.4 is 0 Å². The van der Waals surface area contributed by atoms with Crippen molar-refractivity contribution in [1.29, 1.82) is 0 Å². The summed E-state index contributed by atoms with van der Waals surface area (Å²) in [5.41, 5.74) is 0.719. The smallest absolute Gasteiger partial charge is 0.308 e. The summed E-state index contributed by atoms with van der Waals surface area (Å²) in [6.07, 6.45) is 10.1. The molecule has 0 N–H and O–H groups in total. The molecule has 0 aromatic carbocycles. The van der Waals surface area contributed by atoms with Gasteiger partial charge in [-0.15, -0.1) is 0 Å². The van der Waals surface area contributed by atoms with Crippen molar-refractivity contribution in [1.82, 2.24) is 0 Å². The van der Waals surface area contributed by atoms with E-state index in [-0.39, 0.29) is 18.5 Å². The van der Waals surface area contributed by atoms with Gasteiger partial charge in [-0.1, -0.05) is 53.4 Å². The van der Waals surface area contributed by atoms with Gasteiger partial charge in [0.15, 0.2) is 0 Å². The van der Waals surface area contributed by atoms with Crippen LogP contribution in [0.25, 0.3) is 0 Å². The fourth-order valence-electron chi connectivity index (χ4n) is 3.77. The van der Waals surface area contributed by atoms with Gasteiger partial charge >= 0.3 is 5.97 Å². The average Bonchev–Trinajstić information content (AvgIpc) is 2.60. The summed E-state index contributed by atoms with van der Waals surface area (Å²) in [5.74, 6) is 1.10. The van der Waals surface area contributed by atoms with Gasteiger partial charge < -0.3 is 4.74 Å². The Labute approximate surface area is 154 Å². The molecule has 0 spiro atoms. The number of unbranched alkanes of at least 4 members (excludes halogenated alkanes) is 1.